The van der Waals surface area contributed by atoms with E-state index in [9.17, 15) is 4.79 Å². The normalized spacial score (nSPS) is 14.1. The number of ether oxygens (including phenoxy) is 2. The zero-order chi connectivity index (χ0) is 16.9. The zero-order valence-corrected chi connectivity index (χ0v) is 14.1. The van der Waals surface area contributed by atoms with Gasteiger partial charge in [-0.3, -0.25) is 4.79 Å². The molecule has 0 unspecified atom stereocenters. The summed E-state index contributed by atoms with van der Waals surface area (Å²) in [5.41, 5.74) is 1.76. The highest BCUT2D eigenvalue weighted by Crippen LogP contribution is 2.32. The second-order valence-corrected chi connectivity index (χ2v) is 6.00. The molecule has 0 bridgehead atoms. The molecule has 24 heavy (non-hydrogen) atoms. The molecule has 2 aromatic rings. The molecule has 3 rings (SSSR count). The molecular weight excluding hydrogens is 328 g/mol. The van der Waals surface area contributed by atoms with Crippen molar-refractivity contribution in [3.05, 3.63) is 53.1 Å². The molecule has 0 aromatic heterocycles. The molecule has 1 atom stereocenters. The largest absolute Gasteiger partial charge is 0.486 e. The summed E-state index contributed by atoms with van der Waals surface area (Å²) in [6.07, 6.45) is 0. The van der Waals surface area contributed by atoms with Crippen LogP contribution in [0.15, 0.2) is 42.5 Å². The first kappa shape index (κ1) is 16.6. The number of carbonyl (C=O) groups excluding carboxylic acids is 1. The molecule has 0 fully saturated rings. The number of benzene rings is 2. The van der Waals surface area contributed by atoms with Gasteiger partial charge in [0.1, 0.15) is 13.2 Å². The van der Waals surface area contributed by atoms with Crippen molar-refractivity contribution in [3.8, 4) is 11.5 Å². The Balaban J connectivity index is 1.53. The molecule has 0 aliphatic carbocycles. The van der Waals surface area contributed by atoms with E-state index < -0.39 is 0 Å². The number of hydrogen-bond donors (Lipinski definition) is 2. The Morgan fingerprint density at radius 3 is 2.58 bits per heavy atom. The van der Waals surface area contributed by atoms with E-state index in [1.54, 1.807) is 18.2 Å². The quantitative estimate of drug-likeness (QED) is 0.871. The van der Waals surface area contributed by atoms with Gasteiger partial charge in [-0.2, -0.15) is 0 Å². The summed E-state index contributed by atoms with van der Waals surface area (Å²) >= 11 is 5.88. The van der Waals surface area contributed by atoms with Gasteiger partial charge in [-0.15, -0.1) is 0 Å². The fourth-order valence-corrected chi connectivity index (χ4v) is 2.57. The van der Waals surface area contributed by atoms with Crippen LogP contribution in [-0.4, -0.2) is 25.7 Å². The maximum Gasteiger partial charge on any atom is 0.238 e. The van der Waals surface area contributed by atoms with Crippen molar-refractivity contribution in [1.82, 2.24) is 5.32 Å². The summed E-state index contributed by atoms with van der Waals surface area (Å²) in [5.74, 6) is 1.24. The van der Waals surface area contributed by atoms with E-state index in [0.29, 0.717) is 35.4 Å². The third-order valence-corrected chi connectivity index (χ3v) is 4.02. The summed E-state index contributed by atoms with van der Waals surface area (Å²) in [7, 11) is 0. The number of fused-ring (bicyclic) bond motifs is 1. The lowest BCUT2D eigenvalue weighted by molar-refractivity contribution is -0.115. The first-order valence-corrected chi connectivity index (χ1v) is 8.18. The molecule has 1 aliphatic heterocycles. The van der Waals surface area contributed by atoms with Gasteiger partial charge in [0.2, 0.25) is 5.91 Å². The van der Waals surface area contributed by atoms with Crippen molar-refractivity contribution < 1.29 is 14.3 Å². The highest BCUT2D eigenvalue weighted by atomic mass is 35.5. The number of anilines is 1. The third-order valence-electron chi connectivity index (χ3n) is 3.76. The predicted molar refractivity (Wildman–Crippen MR) is 93.9 cm³/mol. The molecule has 126 valence electrons. The molecule has 2 N–H and O–H groups in total. The monoisotopic (exact) mass is 346 g/mol. The summed E-state index contributed by atoms with van der Waals surface area (Å²) in [5, 5.41) is 6.74. The first-order valence-electron chi connectivity index (χ1n) is 7.80. The first-order chi connectivity index (χ1) is 11.6. The van der Waals surface area contributed by atoms with E-state index in [4.69, 9.17) is 21.1 Å². The minimum absolute atomic E-state index is 0.0493. The molecule has 0 spiro atoms. The van der Waals surface area contributed by atoms with Crippen LogP contribution < -0.4 is 20.1 Å². The number of hydrogen-bond acceptors (Lipinski definition) is 4. The second-order valence-electron chi connectivity index (χ2n) is 5.56. The van der Waals surface area contributed by atoms with Crippen LogP contribution in [0, 0.1) is 0 Å². The van der Waals surface area contributed by atoms with Gasteiger partial charge in [0.05, 0.1) is 6.54 Å². The van der Waals surface area contributed by atoms with Gasteiger partial charge in [-0.25, -0.2) is 0 Å². The lowest BCUT2D eigenvalue weighted by atomic mass is 10.1. The predicted octanol–water partition coefficient (Wildman–Crippen LogP) is 3.40. The van der Waals surface area contributed by atoms with Crippen LogP contribution >= 0.6 is 11.6 Å². The third kappa shape index (κ3) is 4.19. The van der Waals surface area contributed by atoms with Crippen molar-refractivity contribution in [2.24, 2.45) is 0 Å². The maximum absolute atomic E-state index is 12.1. The number of halogens is 1. The molecule has 0 radical (unpaired) electrons. The summed E-state index contributed by atoms with van der Waals surface area (Å²) in [4.78, 5) is 12.1. The number of amides is 1. The van der Waals surface area contributed by atoms with Crippen LogP contribution in [-0.2, 0) is 4.79 Å². The van der Waals surface area contributed by atoms with E-state index in [2.05, 4.69) is 10.6 Å². The van der Waals surface area contributed by atoms with Crippen molar-refractivity contribution in [2.75, 3.05) is 25.1 Å². The standard InChI is InChI=1S/C18H19ClN2O3/c1-12(13-2-4-14(19)5-3-13)20-11-18(22)21-15-6-7-16-17(10-15)24-9-8-23-16/h2-7,10,12,20H,8-9,11H2,1H3,(H,21,22)/t12-/m0/s1. The molecule has 1 heterocycles. The van der Waals surface area contributed by atoms with Crippen LogP contribution in [0.4, 0.5) is 5.69 Å². The molecule has 1 aliphatic rings. The van der Waals surface area contributed by atoms with Crippen LogP contribution in [0.25, 0.3) is 0 Å². The average Bonchev–Trinajstić information content (AvgIpc) is 2.60. The van der Waals surface area contributed by atoms with Crippen molar-refractivity contribution in [1.29, 1.82) is 0 Å². The van der Waals surface area contributed by atoms with Crippen LogP contribution in [0.2, 0.25) is 5.02 Å². The summed E-state index contributed by atoms with van der Waals surface area (Å²) < 4.78 is 11.0. The fourth-order valence-electron chi connectivity index (χ4n) is 2.44. The van der Waals surface area contributed by atoms with E-state index in [-0.39, 0.29) is 18.5 Å². The van der Waals surface area contributed by atoms with Crippen molar-refractivity contribution in [2.45, 2.75) is 13.0 Å². The average molecular weight is 347 g/mol. The Labute approximate surface area is 145 Å². The van der Waals surface area contributed by atoms with Gasteiger partial charge >= 0.3 is 0 Å². The molecule has 5 nitrogen and oxygen atoms in total. The number of nitrogens with one attached hydrogen (secondary N) is 2. The number of rotatable bonds is 5. The molecule has 0 saturated heterocycles. The maximum atomic E-state index is 12.1. The smallest absolute Gasteiger partial charge is 0.238 e. The highest BCUT2D eigenvalue weighted by Gasteiger charge is 2.13. The molecule has 1 amide bonds. The van der Waals surface area contributed by atoms with Gasteiger partial charge in [0, 0.05) is 22.8 Å². The minimum atomic E-state index is -0.118. The van der Waals surface area contributed by atoms with Gasteiger partial charge in [0.25, 0.3) is 0 Å². The summed E-state index contributed by atoms with van der Waals surface area (Å²) in [6, 6.07) is 13.0. The SMILES string of the molecule is C[C@H](NCC(=O)Nc1ccc2c(c1)OCCO2)c1ccc(Cl)cc1. The van der Waals surface area contributed by atoms with E-state index in [0.717, 1.165) is 5.56 Å². The van der Waals surface area contributed by atoms with Crippen molar-refractivity contribution >= 4 is 23.2 Å². The second kappa shape index (κ2) is 7.55. The van der Waals surface area contributed by atoms with Gasteiger partial charge in [-0.05, 0) is 36.8 Å². The van der Waals surface area contributed by atoms with Crippen LogP contribution in [0.3, 0.4) is 0 Å². The Hall–Kier alpha value is -2.24. The van der Waals surface area contributed by atoms with E-state index in [1.165, 1.54) is 0 Å². The summed E-state index contributed by atoms with van der Waals surface area (Å²) in [6.45, 7) is 3.27. The Morgan fingerprint density at radius 1 is 1.12 bits per heavy atom. The molecule has 0 saturated carbocycles. The minimum Gasteiger partial charge on any atom is -0.486 e. The van der Waals surface area contributed by atoms with Gasteiger partial charge < -0.3 is 20.1 Å². The lowest BCUT2D eigenvalue weighted by Crippen LogP contribution is -2.30. The molecule has 2 aromatic carbocycles. The topological polar surface area (TPSA) is 59.6 Å². The van der Waals surface area contributed by atoms with Crippen molar-refractivity contribution in [3.63, 3.8) is 0 Å². The van der Waals surface area contributed by atoms with E-state index >= 15 is 0 Å². The van der Waals surface area contributed by atoms with Crippen LogP contribution in [0.5, 0.6) is 11.5 Å². The Morgan fingerprint density at radius 2 is 1.83 bits per heavy atom. The van der Waals surface area contributed by atoms with Crippen LogP contribution in [0.1, 0.15) is 18.5 Å². The number of carbonyl (C=O) groups is 1. The van der Waals surface area contributed by atoms with Gasteiger partial charge in [0.15, 0.2) is 11.5 Å². The molecular formula is C18H19ClN2O3. The lowest BCUT2D eigenvalue weighted by Gasteiger charge is -2.19. The van der Waals surface area contributed by atoms with Gasteiger partial charge in [-0.1, -0.05) is 23.7 Å². The zero-order valence-electron chi connectivity index (χ0n) is 13.3. The highest BCUT2D eigenvalue weighted by molar-refractivity contribution is 6.30. The fraction of sp³-hybridized carbons (Fsp3) is 0.278. The Bertz CT molecular complexity index is 719. The molecule has 6 heteroatoms. The Kier molecular flexibility index (Phi) is 5.23. The van der Waals surface area contributed by atoms with E-state index in [1.807, 2.05) is 31.2 Å².